The number of nitrogens with one attached hydrogen (secondary N) is 1. The van der Waals surface area contributed by atoms with Gasteiger partial charge in [-0.1, -0.05) is 50.2 Å². The van der Waals surface area contributed by atoms with Crippen molar-refractivity contribution >= 4 is 27.5 Å². The molecule has 1 atom stereocenters. The van der Waals surface area contributed by atoms with Crippen LogP contribution < -0.4 is 9.62 Å². The molecule has 0 bridgehead atoms. The number of hydrogen-bond acceptors (Lipinski definition) is 4. The van der Waals surface area contributed by atoms with Crippen molar-refractivity contribution < 1.29 is 26.8 Å². The lowest BCUT2D eigenvalue weighted by molar-refractivity contribution is -0.139. The minimum Gasteiger partial charge on any atom is -0.354 e. The van der Waals surface area contributed by atoms with Gasteiger partial charge in [0.15, 0.2) is 0 Å². The Kier molecular flexibility index (Phi) is 9.57. The third-order valence-electron chi connectivity index (χ3n) is 5.88. The summed E-state index contributed by atoms with van der Waals surface area (Å²) in [6.07, 6.45) is 0. The maximum absolute atomic E-state index is 14.5. The van der Waals surface area contributed by atoms with Gasteiger partial charge in [-0.3, -0.25) is 13.9 Å². The van der Waals surface area contributed by atoms with Crippen molar-refractivity contribution in [2.75, 3.05) is 17.4 Å². The minimum absolute atomic E-state index is 0.0614. The molecule has 10 heteroatoms. The highest BCUT2D eigenvalue weighted by Gasteiger charge is 2.32. The first kappa shape index (κ1) is 28.8. The van der Waals surface area contributed by atoms with Crippen LogP contribution in [0.1, 0.15) is 26.3 Å². The van der Waals surface area contributed by atoms with Crippen molar-refractivity contribution in [3.05, 3.63) is 96.1 Å². The minimum atomic E-state index is -4.26. The van der Waals surface area contributed by atoms with Crippen LogP contribution in [0.25, 0.3) is 0 Å². The zero-order valence-electron chi connectivity index (χ0n) is 21.5. The molecule has 0 saturated carbocycles. The molecule has 7 nitrogen and oxygen atoms in total. The number of nitrogens with zero attached hydrogens (tertiary/aromatic N) is 2. The number of rotatable bonds is 11. The Balaban J connectivity index is 2.00. The van der Waals surface area contributed by atoms with Crippen LogP contribution in [0.15, 0.2) is 83.8 Å². The first-order valence-electron chi connectivity index (χ1n) is 12.1. The van der Waals surface area contributed by atoms with Crippen molar-refractivity contribution in [3.63, 3.8) is 0 Å². The Morgan fingerprint density at radius 1 is 0.868 bits per heavy atom. The van der Waals surface area contributed by atoms with Gasteiger partial charge in [-0.25, -0.2) is 17.2 Å². The summed E-state index contributed by atoms with van der Waals surface area (Å²) in [5.74, 6) is -2.17. The van der Waals surface area contributed by atoms with E-state index in [2.05, 4.69) is 5.32 Å². The van der Waals surface area contributed by atoms with Gasteiger partial charge in [0.2, 0.25) is 11.8 Å². The fraction of sp³-hybridized carbons (Fsp3) is 0.286. The Labute approximate surface area is 222 Å². The van der Waals surface area contributed by atoms with Crippen LogP contribution in [-0.2, 0) is 26.2 Å². The van der Waals surface area contributed by atoms with Crippen molar-refractivity contribution in [2.24, 2.45) is 5.92 Å². The largest absolute Gasteiger partial charge is 0.354 e. The molecular formula is C28H31F2N3O4S. The molecule has 0 saturated heterocycles. The molecule has 0 aliphatic carbocycles. The Morgan fingerprint density at radius 3 is 2.08 bits per heavy atom. The van der Waals surface area contributed by atoms with Gasteiger partial charge in [0, 0.05) is 18.7 Å². The molecule has 3 rings (SSSR count). The zero-order valence-corrected chi connectivity index (χ0v) is 22.3. The van der Waals surface area contributed by atoms with E-state index in [0.29, 0.717) is 6.54 Å². The Hall–Kier alpha value is -3.79. The van der Waals surface area contributed by atoms with Gasteiger partial charge in [-0.2, -0.15) is 0 Å². The van der Waals surface area contributed by atoms with E-state index in [0.717, 1.165) is 21.3 Å². The predicted molar refractivity (Wildman–Crippen MR) is 142 cm³/mol. The van der Waals surface area contributed by atoms with Crippen molar-refractivity contribution in [3.8, 4) is 0 Å². The van der Waals surface area contributed by atoms with Crippen LogP contribution in [0.2, 0.25) is 0 Å². The summed E-state index contributed by atoms with van der Waals surface area (Å²) in [5, 5.41) is 2.76. The molecule has 1 unspecified atom stereocenters. The number of anilines is 1. The maximum atomic E-state index is 14.5. The quantitative estimate of drug-likeness (QED) is 0.390. The molecule has 0 fully saturated rings. The standard InChI is InChI=1S/C28H31F2N3O4S/c1-20(2)17-31-28(35)21(3)32(18-22-9-7-8-12-26(22)30)27(34)19-33(24-15-13-23(29)14-16-24)38(36,37)25-10-5-4-6-11-25/h4-16,20-21H,17-19H2,1-3H3,(H,31,35). The molecule has 0 aliphatic rings. The molecule has 3 aromatic carbocycles. The van der Waals surface area contributed by atoms with Crippen LogP contribution in [0.5, 0.6) is 0 Å². The molecule has 38 heavy (non-hydrogen) atoms. The first-order valence-corrected chi connectivity index (χ1v) is 13.6. The van der Waals surface area contributed by atoms with Crippen LogP contribution in [0.4, 0.5) is 14.5 Å². The summed E-state index contributed by atoms with van der Waals surface area (Å²) in [4.78, 5) is 27.7. The Bertz CT molecular complexity index is 1350. The van der Waals surface area contributed by atoms with E-state index in [1.807, 2.05) is 13.8 Å². The summed E-state index contributed by atoms with van der Waals surface area (Å²) in [5.41, 5.74) is 0.231. The number of benzene rings is 3. The second kappa shape index (κ2) is 12.6. The summed E-state index contributed by atoms with van der Waals surface area (Å²) in [6.45, 7) is 4.76. The normalized spacial score (nSPS) is 12.2. The zero-order chi connectivity index (χ0) is 27.9. The lowest BCUT2D eigenvalue weighted by Gasteiger charge is -2.32. The fourth-order valence-electron chi connectivity index (χ4n) is 3.70. The van der Waals surface area contributed by atoms with Gasteiger partial charge in [-0.05, 0) is 55.3 Å². The third kappa shape index (κ3) is 7.16. The highest BCUT2D eigenvalue weighted by atomic mass is 32.2. The summed E-state index contributed by atoms with van der Waals surface area (Å²) < 4.78 is 56.2. The summed E-state index contributed by atoms with van der Waals surface area (Å²) >= 11 is 0. The van der Waals surface area contributed by atoms with Gasteiger partial charge in [0.1, 0.15) is 24.2 Å². The number of hydrogen-bond donors (Lipinski definition) is 1. The topological polar surface area (TPSA) is 86.8 Å². The average molecular weight is 544 g/mol. The monoisotopic (exact) mass is 543 g/mol. The van der Waals surface area contributed by atoms with E-state index < -0.39 is 46.1 Å². The highest BCUT2D eigenvalue weighted by molar-refractivity contribution is 7.92. The van der Waals surface area contributed by atoms with Gasteiger partial charge in [0.05, 0.1) is 10.6 Å². The molecule has 0 heterocycles. The lowest BCUT2D eigenvalue weighted by atomic mass is 10.1. The second-order valence-electron chi connectivity index (χ2n) is 9.23. The summed E-state index contributed by atoms with van der Waals surface area (Å²) in [6, 6.07) is 17.0. The molecule has 3 aromatic rings. The number of amides is 2. The number of carbonyl (C=O) groups excluding carboxylic acids is 2. The molecule has 0 aromatic heterocycles. The van der Waals surface area contributed by atoms with Crippen LogP contribution in [0, 0.1) is 17.6 Å². The highest BCUT2D eigenvalue weighted by Crippen LogP contribution is 2.25. The van der Waals surface area contributed by atoms with E-state index in [-0.39, 0.29) is 28.6 Å². The molecule has 202 valence electrons. The maximum Gasteiger partial charge on any atom is 0.264 e. The number of carbonyl (C=O) groups is 2. The third-order valence-corrected chi connectivity index (χ3v) is 7.66. The van der Waals surface area contributed by atoms with Gasteiger partial charge in [0.25, 0.3) is 10.0 Å². The van der Waals surface area contributed by atoms with E-state index in [1.54, 1.807) is 24.3 Å². The van der Waals surface area contributed by atoms with Crippen LogP contribution >= 0.6 is 0 Å². The molecule has 0 radical (unpaired) electrons. The molecule has 0 aliphatic heterocycles. The first-order chi connectivity index (χ1) is 18.0. The van der Waals surface area contributed by atoms with Gasteiger partial charge >= 0.3 is 0 Å². The smallest absolute Gasteiger partial charge is 0.264 e. The SMILES string of the molecule is CC(C)CNC(=O)C(C)N(Cc1ccccc1F)C(=O)CN(c1ccc(F)cc1)S(=O)(=O)c1ccccc1. The van der Waals surface area contributed by atoms with Crippen molar-refractivity contribution in [2.45, 2.75) is 38.3 Å². The number of halogens is 2. The lowest BCUT2D eigenvalue weighted by Crippen LogP contribution is -2.51. The van der Waals surface area contributed by atoms with E-state index in [1.165, 1.54) is 49.4 Å². The summed E-state index contributed by atoms with van der Waals surface area (Å²) in [7, 11) is -4.26. The van der Waals surface area contributed by atoms with E-state index in [9.17, 15) is 26.8 Å². The van der Waals surface area contributed by atoms with E-state index >= 15 is 0 Å². The van der Waals surface area contributed by atoms with E-state index in [4.69, 9.17) is 0 Å². The van der Waals surface area contributed by atoms with Crippen LogP contribution in [-0.4, -0.2) is 44.3 Å². The average Bonchev–Trinajstić information content (AvgIpc) is 2.90. The number of sulfonamides is 1. The fourth-order valence-corrected chi connectivity index (χ4v) is 5.14. The Morgan fingerprint density at radius 2 is 1.47 bits per heavy atom. The molecule has 2 amide bonds. The predicted octanol–water partition coefficient (Wildman–Crippen LogP) is 4.35. The van der Waals surface area contributed by atoms with Crippen molar-refractivity contribution in [1.82, 2.24) is 10.2 Å². The molecule has 1 N–H and O–H groups in total. The second-order valence-corrected chi connectivity index (χ2v) is 11.1. The van der Waals surface area contributed by atoms with Crippen molar-refractivity contribution in [1.29, 1.82) is 0 Å². The molecular weight excluding hydrogens is 512 g/mol. The van der Waals surface area contributed by atoms with Crippen LogP contribution in [0.3, 0.4) is 0 Å². The van der Waals surface area contributed by atoms with Gasteiger partial charge < -0.3 is 10.2 Å². The van der Waals surface area contributed by atoms with Gasteiger partial charge in [-0.15, -0.1) is 0 Å². The molecule has 0 spiro atoms.